The molecule has 0 radical (unpaired) electrons. The average molecular weight is 276 g/mol. The van der Waals surface area contributed by atoms with Crippen molar-refractivity contribution >= 4 is 22.6 Å². The van der Waals surface area contributed by atoms with E-state index in [1.165, 1.54) is 11.5 Å². The van der Waals surface area contributed by atoms with Gasteiger partial charge in [-0.25, -0.2) is 15.0 Å². The second-order valence-corrected chi connectivity index (χ2v) is 5.39. The van der Waals surface area contributed by atoms with Crippen LogP contribution in [0.5, 0.6) is 0 Å². The van der Waals surface area contributed by atoms with Gasteiger partial charge in [-0.3, -0.25) is 0 Å². The van der Waals surface area contributed by atoms with Crippen LogP contribution in [0.2, 0.25) is 0 Å². The Balaban J connectivity index is 1.64. The van der Waals surface area contributed by atoms with E-state index in [1.807, 2.05) is 26.2 Å². The lowest BCUT2D eigenvalue weighted by Gasteiger charge is -2.34. The third kappa shape index (κ3) is 2.65. The van der Waals surface area contributed by atoms with Gasteiger partial charge in [-0.15, -0.1) is 0 Å². The molecule has 19 heavy (non-hydrogen) atoms. The molecular weight excluding hydrogens is 260 g/mol. The molecule has 1 aliphatic rings. The number of nitrogens with zero attached hydrogens (tertiary/aromatic N) is 6. The molecule has 1 fully saturated rings. The highest BCUT2D eigenvalue weighted by Crippen LogP contribution is 2.19. The van der Waals surface area contributed by atoms with E-state index >= 15 is 0 Å². The molecule has 0 aromatic carbocycles. The van der Waals surface area contributed by atoms with Gasteiger partial charge in [0, 0.05) is 50.1 Å². The number of aryl methyl sites for hydroxylation is 2. The molecule has 0 unspecified atom stereocenters. The molecule has 2 aromatic heterocycles. The maximum atomic E-state index is 4.43. The summed E-state index contributed by atoms with van der Waals surface area (Å²) in [4.78, 5) is 17.7. The molecular formula is C12H16N6S. The Labute approximate surface area is 116 Å². The largest absolute Gasteiger partial charge is 0.343 e. The number of hydrogen-bond donors (Lipinski definition) is 0. The summed E-state index contributed by atoms with van der Waals surface area (Å²) in [6, 6.07) is 0. The maximum absolute atomic E-state index is 4.43. The molecule has 0 bridgehead atoms. The minimum atomic E-state index is 0.818. The van der Waals surface area contributed by atoms with Crippen molar-refractivity contribution < 1.29 is 0 Å². The first-order valence-corrected chi connectivity index (χ1v) is 7.08. The zero-order valence-corrected chi connectivity index (χ0v) is 11.9. The smallest absolute Gasteiger partial charge is 0.225 e. The Morgan fingerprint density at radius 1 is 1.00 bits per heavy atom. The van der Waals surface area contributed by atoms with E-state index in [1.54, 1.807) is 0 Å². The molecule has 7 heteroatoms. The van der Waals surface area contributed by atoms with Crippen molar-refractivity contribution in [1.29, 1.82) is 0 Å². The third-order valence-corrected chi connectivity index (χ3v) is 3.99. The van der Waals surface area contributed by atoms with E-state index in [0.717, 1.165) is 48.6 Å². The zero-order valence-electron chi connectivity index (χ0n) is 11.1. The van der Waals surface area contributed by atoms with E-state index in [9.17, 15) is 0 Å². The van der Waals surface area contributed by atoms with Crippen LogP contribution in [-0.2, 0) is 0 Å². The lowest BCUT2D eigenvalue weighted by molar-refractivity contribution is 0.638. The van der Waals surface area contributed by atoms with Crippen LogP contribution in [0, 0.1) is 13.8 Å². The van der Waals surface area contributed by atoms with Gasteiger partial charge in [-0.05, 0) is 19.4 Å². The Bertz CT molecular complexity index is 544. The number of rotatable bonds is 2. The molecule has 0 amide bonds. The predicted molar refractivity (Wildman–Crippen MR) is 75.8 cm³/mol. The fourth-order valence-corrected chi connectivity index (χ4v) is 2.79. The first-order valence-electron chi connectivity index (χ1n) is 6.31. The Morgan fingerprint density at radius 2 is 1.63 bits per heavy atom. The van der Waals surface area contributed by atoms with E-state index in [4.69, 9.17) is 0 Å². The molecule has 3 rings (SSSR count). The number of hydrogen-bond acceptors (Lipinski definition) is 7. The first-order chi connectivity index (χ1) is 9.22. The van der Waals surface area contributed by atoms with Crippen LogP contribution in [0.4, 0.5) is 11.1 Å². The van der Waals surface area contributed by atoms with Gasteiger partial charge in [0.25, 0.3) is 0 Å². The molecule has 0 atom stereocenters. The van der Waals surface area contributed by atoms with Gasteiger partial charge in [0.05, 0.1) is 0 Å². The molecule has 100 valence electrons. The van der Waals surface area contributed by atoms with Crippen molar-refractivity contribution in [2.45, 2.75) is 13.8 Å². The monoisotopic (exact) mass is 276 g/mol. The molecule has 0 aliphatic carbocycles. The van der Waals surface area contributed by atoms with E-state index < -0.39 is 0 Å². The predicted octanol–water partition coefficient (Wildman–Crippen LogP) is 1.27. The fourth-order valence-electron chi connectivity index (χ4n) is 2.06. The van der Waals surface area contributed by atoms with Crippen molar-refractivity contribution in [2.24, 2.45) is 0 Å². The number of anilines is 2. The maximum Gasteiger partial charge on any atom is 0.225 e. The molecule has 0 spiro atoms. The lowest BCUT2D eigenvalue weighted by Crippen LogP contribution is -2.47. The normalized spacial score (nSPS) is 15.9. The molecule has 2 aromatic rings. The van der Waals surface area contributed by atoms with Crippen molar-refractivity contribution in [1.82, 2.24) is 19.3 Å². The highest BCUT2D eigenvalue weighted by molar-refractivity contribution is 7.09. The zero-order chi connectivity index (χ0) is 13.2. The summed E-state index contributed by atoms with van der Waals surface area (Å²) in [5, 5.41) is 1.02. The summed E-state index contributed by atoms with van der Waals surface area (Å²) in [5.74, 6) is 1.67. The van der Waals surface area contributed by atoms with Crippen LogP contribution in [-0.4, -0.2) is 45.5 Å². The summed E-state index contributed by atoms with van der Waals surface area (Å²) in [6.07, 6.45) is 3.73. The minimum absolute atomic E-state index is 0.818. The van der Waals surface area contributed by atoms with Crippen LogP contribution >= 0.6 is 11.5 Å². The first kappa shape index (κ1) is 12.3. The highest BCUT2D eigenvalue weighted by atomic mass is 32.1. The number of piperazine rings is 1. The van der Waals surface area contributed by atoms with Gasteiger partial charge in [-0.2, -0.15) is 4.37 Å². The van der Waals surface area contributed by atoms with Crippen LogP contribution in [0.15, 0.2) is 12.4 Å². The third-order valence-electron chi connectivity index (χ3n) is 3.12. The summed E-state index contributed by atoms with van der Waals surface area (Å²) in [5.41, 5.74) is 1.09. The van der Waals surface area contributed by atoms with Crippen molar-refractivity contribution in [3.8, 4) is 0 Å². The SMILES string of the molecule is Cc1cnc(N2CCN(c3nc(C)ns3)CC2)nc1. The quantitative estimate of drug-likeness (QED) is 0.823. The molecule has 3 heterocycles. The Morgan fingerprint density at radius 3 is 2.21 bits per heavy atom. The van der Waals surface area contributed by atoms with Crippen LogP contribution < -0.4 is 9.80 Å². The Hall–Kier alpha value is -1.76. The topological polar surface area (TPSA) is 58.0 Å². The van der Waals surface area contributed by atoms with Crippen LogP contribution in [0.1, 0.15) is 11.4 Å². The van der Waals surface area contributed by atoms with Crippen molar-refractivity contribution in [3.63, 3.8) is 0 Å². The minimum Gasteiger partial charge on any atom is -0.343 e. The van der Waals surface area contributed by atoms with Gasteiger partial charge >= 0.3 is 0 Å². The second kappa shape index (κ2) is 5.08. The Kier molecular flexibility index (Phi) is 3.29. The number of aromatic nitrogens is 4. The fraction of sp³-hybridized carbons (Fsp3) is 0.500. The molecule has 0 saturated carbocycles. The second-order valence-electron chi connectivity index (χ2n) is 4.66. The van der Waals surface area contributed by atoms with Gasteiger partial charge in [0.1, 0.15) is 5.82 Å². The summed E-state index contributed by atoms with van der Waals surface area (Å²) < 4.78 is 4.23. The van der Waals surface area contributed by atoms with Gasteiger partial charge in [0.2, 0.25) is 11.1 Å². The molecule has 1 saturated heterocycles. The lowest BCUT2D eigenvalue weighted by atomic mass is 10.3. The van der Waals surface area contributed by atoms with Crippen LogP contribution in [0.3, 0.4) is 0 Å². The van der Waals surface area contributed by atoms with E-state index in [-0.39, 0.29) is 0 Å². The van der Waals surface area contributed by atoms with Crippen molar-refractivity contribution in [3.05, 3.63) is 23.8 Å². The van der Waals surface area contributed by atoms with Crippen molar-refractivity contribution in [2.75, 3.05) is 36.0 Å². The van der Waals surface area contributed by atoms with E-state index in [0.29, 0.717) is 0 Å². The van der Waals surface area contributed by atoms with E-state index in [2.05, 4.69) is 29.1 Å². The summed E-state index contributed by atoms with van der Waals surface area (Å²) in [6.45, 7) is 7.64. The van der Waals surface area contributed by atoms with Gasteiger partial charge in [0.15, 0.2) is 0 Å². The van der Waals surface area contributed by atoms with Crippen LogP contribution in [0.25, 0.3) is 0 Å². The summed E-state index contributed by atoms with van der Waals surface area (Å²) >= 11 is 1.47. The summed E-state index contributed by atoms with van der Waals surface area (Å²) in [7, 11) is 0. The standard InChI is InChI=1S/C12H16N6S/c1-9-7-13-11(14-8-9)17-3-5-18(6-4-17)12-15-10(2)16-19-12/h7-8H,3-6H2,1-2H3. The molecule has 1 aliphatic heterocycles. The molecule has 6 nitrogen and oxygen atoms in total. The van der Waals surface area contributed by atoms with Gasteiger partial charge < -0.3 is 9.80 Å². The average Bonchev–Trinajstić information content (AvgIpc) is 2.87. The molecule has 0 N–H and O–H groups in total. The van der Waals surface area contributed by atoms with Gasteiger partial charge in [-0.1, -0.05) is 0 Å². The highest BCUT2D eigenvalue weighted by Gasteiger charge is 2.21.